The first kappa shape index (κ1) is 24.7. The summed E-state index contributed by atoms with van der Waals surface area (Å²) in [6.07, 6.45) is -1.52. The Labute approximate surface area is 189 Å². The molecule has 168 valence electrons. The molecule has 1 N–H and O–H groups in total. The molecule has 2 amide bonds. The van der Waals surface area contributed by atoms with Crippen LogP contribution >= 0.6 is 28.3 Å². The molecule has 1 fully saturated rings. The summed E-state index contributed by atoms with van der Waals surface area (Å²) in [5, 5.41) is 11.1. The summed E-state index contributed by atoms with van der Waals surface area (Å²) in [4.78, 5) is 26.5. The number of ether oxygens (including phenoxy) is 2. The number of nitrogens with zero attached hydrogens (tertiary/aromatic N) is 2. The minimum Gasteiger partial charge on any atom is -0.475 e. The van der Waals surface area contributed by atoms with E-state index in [1.807, 2.05) is 13.8 Å². The van der Waals surface area contributed by atoms with Crippen LogP contribution in [0.1, 0.15) is 47.5 Å². The Hall–Kier alpha value is -1.52. The summed E-state index contributed by atoms with van der Waals surface area (Å²) in [7, 11) is 0. The Morgan fingerprint density at radius 2 is 1.93 bits per heavy atom. The predicted octanol–water partition coefficient (Wildman–Crippen LogP) is 4.86. The van der Waals surface area contributed by atoms with Gasteiger partial charge in [-0.25, -0.2) is 9.10 Å². The van der Waals surface area contributed by atoms with Crippen LogP contribution in [0.4, 0.5) is 14.4 Å². The molecular weight excluding hydrogens is 479 g/mol. The maximum atomic E-state index is 13.6. The van der Waals surface area contributed by atoms with Crippen molar-refractivity contribution in [2.24, 2.45) is 0 Å². The lowest BCUT2D eigenvalue weighted by Crippen LogP contribution is -2.61. The van der Waals surface area contributed by atoms with E-state index in [0.29, 0.717) is 10.2 Å². The highest BCUT2D eigenvalue weighted by molar-refractivity contribution is 9.10. The lowest BCUT2D eigenvalue weighted by atomic mass is 9.85. The minimum absolute atomic E-state index is 0.108. The number of carbonyl (C=O) groups is 2. The van der Waals surface area contributed by atoms with Gasteiger partial charge in [-0.15, -0.1) is 3.89 Å². The van der Waals surface area contributed by atoms with Gasteiger partial charge in [-0.3, -0.25) is 4.79 Å². The third kappa shape index (κ3) is 5.20. The van der Waals surface area contributed by atoms with Crippen molar-refractivity contribution in [1.29, 1.82) is 0 Å². The van der Waals surface area contributed by atoms with Gasteiger partial charge in [0.15, 0.2) is 12.3 Å². The highest BCUT2D eigenvalue weighted by atomic mass is 79.9. The zero-order valence-corrected chi connectivity index (χ0v) is 20.2. The molecule has 0 saturated carbocycles. The van der Waals surface area contributed by atoms with E-state index in [-0.39, 0.29) is 44.0 Å². The van der Waals surface area contributed by atoms with E-state index in [1.54, 1.807) is 39.0 Å². The third-order valence-electron chi connectivity index (χ3n) is 4.66. The molecule has 0 bridgehead atoms. The molecule has 3 rings (SSSR count). The third-order valence-corrected chi connectivity index (χ3v) is 5.80. The van der Waals surface area contributed by atoms with Crippen LogP contribution in [0.3, 0.4) is 0 Å². The van der Waals surface area contributed by atoms with Crippen LogP contribution in [0.25, 0.3) is 0 Å². The normalized spacial score (nSPS) is 20.5. The Morgan fingerprint density at radius 1 is 1.33 bits per heavy atom. The second kappa shape index (κ2) is 9.74. The molecule has 2 heterocycles. The maximum absolute atomic E-state index is 13.6. The smallest absolute Gasteiger partial charge is 0.410 e. The van der Waals surface area contributed by atoms with E-state index >= 15 is 0 Å². The van der Waals surface area contributed by atoms with Crippen molar-refractivity contribution in [3.8, 4) is 5.75 Å². The summed E-state index contributed by atoms with van der Waals surface area (Å²) in [6, 6.07) is 4.99. The maximum Gasteiger partial charge on any atom is 0.410 e. The van der Waals surface area contributed by atoms with Gasteiger partial charge < -0.3 is 19.5 Å². The van der Waals surface area contributed by atoms with Crippen LogP contribution in [0.15, 0.2) is 22.7 Å². The first-order valence-corrected chi connectivity index (χ1v) is 11.3. The number of likely N-dealkylation sites (tertiary alicyclic amines) is 1. The molecule has 0 aliphatic carbocycles. The number of halogens is 2. The van der Waals surface area contributed by atoms with Gasteiger partial charge >= 0.3 is 6.09 Å². The van der Waals surface area contributed by atoms with Crippen molar-refractivity contribution in [1.82, 2.24) is 4.90 Å². The average Bonchev–Trinajstić information content (AvgIpc) is 2.69. The largest absolute Gasteiger partial charge is 0.475 e. The van der Waals surface area contributed by atoms with E-state index in [4.69, 9.17) is 9.47 Å². The molecule has 7 nitrogen and oxygen atoms in total. The topological polar surface area (TPSA) is 79.3 Å². The number of benzene rings is 1. The number of fused-ring (bicyclic) bond motifs is 1. The number of para-hydroxylation sites is 1. The number of rotatable bonds is 2. The fourth-order valence-electron chi connectivity index (χ4n) is 3.26. The number of piperidine rings is 1. The van der Waals surface area contributed by atoms with Crippen LogP contribution in [-0.2, 0) is 9.53 Å². The van der Waals surface area contributed by atoms with Gasteiger partial charge in [0, 0.05) is 17.6 Å². The average molecular weight is 507 g/mol. The Morgan fingerprint density at radius 3 is 2.47 bits per heavy atom. The number of hydrogen-bond acceptors (Lipinski definition) is 6. The minimum atomic E-state index is -1.52. The molecule has 2 aliphatic heterocycles. The number of carbonyl (C=O) groups excluding carboxylic acids is 2. The number of amides is 2. The van der Waals surface area contributed by atoms with Crippen molar-refractivity contribution in [3.05, 3.63) is 22.7 Å². The molecular formula is C20H28BrFN2O5S. The van der Waals surface area contributed by atoms with Crippen molar-refractivity contribution in [2.45, 2.75) is 64.8 Å². The fraction of sp³-hybridized carbons (Fsp3) is 0.600. The fourth-order valence-corrected chi connectivity index (χ4v) is 4.32. The first-order chi connectivity index (χ1) is 14.1. The van der Waals surface area contributed by atoms with Gasteiger partial charge in [0.1, 0.15) is 22.6 Å². The van der Waals surface area contributed by atoms with Crippen LogP contribution in [0.2, 0.25) is 0 Å². The zero-order chi connectivity index (χ0) is 22.7. The van der Waals surface area contributed by atoms with Crippen LogP contribution in [0.5, 0.6) is 5.75 Å². The summed E-state index contributed by atoms with van der Waals surface area (Å²) >= 11 is 3.06. The molecule has 1 aromatic carbocycles. The zero-order valence-electron chi connectivity index (χ0n) is 17.8. The van der Waals surface area contributed by atoms with Gasteiger partial charge in [0.2, 0.25) is 6.10 Å². The molecule has 0 spiro atoms. The van der Waals surface area contributed by atoms with Gasteiger partial charge in [-0.1, -0.05) is 19.9 Å². The van der Waals surface area contributed by atoms with Crippen molar-refractivity contribution >= 4 is 46.0 Å². The molecule has 0 radical (unpaired) electrons. The van der Waals surface area contributed by atoms with Crippen LogP contribution in [0, 0.1) is 0 Å². The molecule has 0 aromatic heterocycles. The highest BCUT2D eigenvalue weighted by Gasteiger charge is 2.51. The number of anilines is 1. The summed E-state index contributed by atoms with van der Waals surface area (Å²) in [6.45, 7) is 9.73. The Balaban J connectivity index is 0.00000155. The molecule has 1 saturated heterocycles. The molecule has 30 heavy (non-hydrogen) atoms. The summed E-state index contributed by atoms with van der Waals surface area (Å²) in [5.41, 5.74) is -1.88. The van der Waals surface area contributed by atoms with E-state index in [2.05, 4.69) is 15.9 Å². The molecule has 1 aromatic rings. The van der Waals surface area contributed by atoms with Crippen LogP contribution in [-0.4, -0.2) is 52.4 Å². The lowest BCUT2D eigenvalue weighted by molar-refractivity contribution is -0.145. The van der Waals surface area contributed by atoms with Gasteiger partial charge in [0.25, 0.3) is 5.91 Å². The SMILES string of the molecule is CC.CC(C)(C)OC(=O)N1CCC(O)(C2Oc3cccc(Br)c3N(SF)C2=O)CC1. The van der Waals surface area contributed by atoms with Gasteiger partial charge in [-0.2, -0.15) is 0 Å². The molecule has 2 aliphatic rings. The summed E-state index contributed by atoms with van der Waals surface area (Å²) < 4.78 is 26.1. The monoisotopic (exact) mass is 506 g/mol. The molecule has 10 heteroatoms. The second-order valence-corrected chi connectivity index (χ2v) is 9.21. The molecule has 1 unspecified atom stereocenters. The van der Waals surface area contributed by atoms with Gasteiger partial charge in [-0.05, 0) is 61.7 Å². The van der Waals surface area contributed by atoms with E-state index in [0.717, 1.165) is 4.31 Å². The van der Waals surface area contributed by atoms with E-state index in [9.17, 15) is 18.6 Å². The number of hydrogen-bond donors (Lipinski definition) is 1. The van der Waals surface area contributed by atoms with Crippen molar-refractivity contribution in [3.63, 3.8) is 0 Å². The lowest BCUT2D eigenvalue weighted by Gasteiger charge is -2.44. The predicted molar refractivity (Wildman–Crippen MR) is 118 cm³/mol. The number of aliphatic hydroxyl groups is 1. The Kier molecular flexibility index (Phi) is 8.03. The van der Waals surface area contributed by atoms with Gasteiger partial charge in [0.05, 0.1) is 0 Å². The Bertz CT molecular complexity index is 781. The van der Waals surface area contributed by atoms with Crippen molar-refractivity contribution < 1.29 is 28.1 Å². The highest BCUT2D eigenvalue weighted by Crippen LogP contribution is 2.46. The quantitative estimate of drug-likeness (QED) is 0.576. The van der Waals surface area contributed by atoms with E-state index < -0.39 is 29.3 Å². The van der Waals surface area contributed by atoms with Crippen LogP contribution < -0.4 is 9.04 Å². The van der Waals surface area contributed by atoms with E-state index in [1.165, 1.54) is 4.90 Å². The standard InChI is InChI=1S/C18H22BrFN2O5S.C2H6/c1-17(2,3)27-16(24)21-9-7-18(25,8-10-21)14-15(23)22(28-20)13-11(19)5-4-6-12(13)26-14;1-2/h4-6,14,25H,7-10H2,1-3H3;1-2H3. The van der Waals surface area contributed by atoms with Crippen molar-refractivity contribution in [2.75, 3.05) is 17.4 Å². The molecule has 1 atom stereocenters. The first-order valence-electron chi connectivity index (χ1n) is 9.84. The summed E-state index contributed by atoms with van der Waals surface area (Å²) in [5.74, 6) is -0.382. The second-order valence-electron chi connectivity index (χ2n) is 7.86.